The van der Waals surface area contributed by atoms with Gasteiger partial charge in [0.15, 0.2) is 5.82 Å². The van der Waals surface area contributed by atoms with Crippen molar-refractivity contribution in [3.8, 4) is 0 Å². The molecule has 23 heavy (non-hydrogen) atoms. The molecule has 0 fully saturated rings. The molecule has 0 atom stereocenters. The number of carbonyl (C=O) groups is 2. The van der Waals surface area contributed by atoms with Gasteiger partial charge in [-0.1, -0.05) is 30.3 Å². The maximum atomic E-state index is 12.8. The van der Waals surface area contributed by atoms with Gasteiger partial charge in [0.2, 0.25) is 5.91 Å². The Morgan fingerprint density at radius 3 is 2.52 bits per heavy atom. The summed E-state index contributed by atoms with van der Waals surface area (Å²) in [6.45, 7) is 4.10. The number of nitrogens with two attached hydrogens (primary N) is 1. The second-order valence-electron chi connectivity index (χ2n) is 6.01. The molecule has 1 aromatic heterocycles. The maximum Gasteiger partial charge on any atom is 0.284 e. The molecule has 0 saturated carbocycles. The highest BCUT2D eigenvalue weighted by molar-refractivity contribution is 5.91. The van der Waals surface area contributed by atoms with Crippen molar-refractivity contribution in [2.45, 2.75) is 25.8 Å². The number of imidazole rings is 1. The summed E-state index contributed by atoms with van der Waals surface area (Å²) >= 11 is 0. The predicted molar refractivity (Wildman–Crippen MR) is 87.8 cm³/mol. The first kappa shape index (κ1) is 16.7. The Morgan fingerprint density at radius 2 is 1.91 bits per heavy atom. The highest BCUT2D eigenvalue weighted by Crippen LogP contribution is 2.20. The van der Waals surface area contributed by atoms with Crippen molar-refractivity contribution < 1.29 is 9.59 Å². The second-order valence-corrected chi connectivity index (χ2v) is 6.01. The summed E-state index contributed by atoms with van der Waals surface area (Å²) in [5.74, 6) is -0.670. The molecule has 0 aliphatic carbocycles. The Hall–Kier alpha value is -2.63. The van der Waals surface area contributed by atoms with Crippen LogP contribution in [-0.2, 0) is 16.8 Å². The van der Waals surface area contributed by atoms with Crippen LogP contribution in [0.2, 0.25) is 0 Å². The first-order valence-corrected chi connectivity index (χ1v) is 7.47. The predicted octanol–water partition coefficient (Wildman–Crippen LogP) is 1.42. The molecule has 0 radical (unpaired) electrons. The minimum atomic E-state index is -0.938. The van der Waals surface area contributed by atoms with Crippen molar-refractivity contribution >= 4 is 11.8 Å². The lowest BCUT2D eigenvalue weighted by Gasteiger charge is -2.31. The van der Waals surface area contributed by atoms with Gasteiger partial charge in [-0.15, -0.1) is 0 Å². The molecule has 2 rings (SSSR count). The minimum absolute atomic E-state index is 0.0832. The van der Waals surface area contributed by atoms with E-state index >= 15 is 0 Å². The molecule has 0 spiro atoms. The third-order valence-corrected chi connectivity index (χ3v) is 3.91. The van der Waals surface area contributed by atoms with Crippen LogP contribution in [0.3, 0.4) is 0 Å². The molecule has 0 aliphatic heterocycles. The number of benzene rings is 1. The molecule has 1 heterocycles. The zero-order valence-corrected chi connectivity index (χ0v) is 13.7. The molecule has 0 bridgehead atoms. The summed E-state index contributed by atoms with van der Waals surface area (Å²) in [5.41, 5.74) is 5.55. The van der Waals surface area contributed by atoms with Gasteiger partial charge in [-0.25, -0.2) is 4.98 Å². The highest BCUT2D eigenvalue weighted by Gasteiger charge is 2.34. The van der Waals surface area contributed by atoms with Gasteiger partial charge < -0.3 is 15.2 Å². The Kier molecular flexibility index (Phi) is 4.83. The quantitative estimate of drug-likeness (QED) is 0.875. The standard InChI is InChI=1S/C17H22N4O2/c1-17(2,21-12-10-19-15(21)14(18)22)16(23)20(3)11-9-13-7-5-4-6-8-13/h4-8,10,12H,9,11H2,1-3H3,(H2,18,22). The smallest absolute Gasteiger partial charge is 0.284 e. The summed E-state index contributed by atoms with van der Waals surface area (Å²) in [4.78, 5) is 29.8. The molecule has 0 unspecified atom stereocenters. The zero-order valence-electron chi connectivity index (χ0n) is 13.7. The van der Waals surface area contributed by atoms with Crippen LogP contribution in [0.1, 0.15) is 30.0 Å². The first-order valence-electron chi connectivity index (χ1n) is 7.47. The van der Waals surface area contributed by atoms with Crippen molar-refractivity contribution in [1.82, 2.24) is 14.5 Å². The van der Waals surface area contributed by atoms with E-state index in [9.17, 15) is 9.59 Å². The number of nitrogens with zero attached hydrogens (tertiary/aromatic N) is 3. The molecule has 2 amide bonds. The normalized spacial score (nSPS) is 11.3. The van der Waals surface area contributed by atoms with E-state index in [1.165, 1.54) is 16.3 Å². The highest BCUT2D eigenvalue weighted by atomic mass is 16.2. The van der Waals surface area contributed by atoms with Crippen LogP contribution < -0.4 is 5.73 Å². The Labute approximate surface area is 135 Å². The molecule has 0 saturated heterocycles. The Morgan fingerprint density at radius 1 is 1.26 bits per heavy atom. The fourth-order valence-corrected chi connectivity index (χ4v) is 2.55. The lowest BCUT2D eigenvalue weighted by molar-refractivity contribution is -0.137. The van der Waals surface area contributed by atoms with Crippen LogP contribution in [0.15, 0.2) is 42.7 Å². The van der Waals surface area contributed by atoms with Crippen molar-refractivity contribution in [2.24, 2.45) is 5.73 Å². The van der Waals surface area contributed by atoms with E-state index in [0.717, 1.165) is 6.42 Å². The fraction of sp³-hybridized carbons (Fsp3) is 0.353. The van der Waals surface area contributed by atoms with E-state index in [-0.39, 0.29) is 11.7 Å². The van der Waals surface area contributed by atoms with Crippen LogP contribution in [0.5, 0.6) is 0 Å². The summed E-state index contributed by atoms with van der Waals surface area (Å²) in [5, 5.41) is 0. The first-order chi connectivity index (χ1) is 10.8. The summed E-state index contributed by atoms with van der Waals surface area (Å²) in [6.07, 6.45) is 3.84. The van der Waals surface area contributed by atoms with Gasteiger partial charge in [-0.2, -0.15) is 0 Å². The van der Waals surface area contributed by atoms with Crippen LogP contribution >= 0.6 is 0 Å². The molecule has 6 nitrogen and oxygen atoms in total. The molecule has 2 N–H and O–H groups in total. The van der Waals surface area contributed by atoms with Crippen molar-refractivity contribution in [2.75, 3.05) is 13.6 Å². The van der Waals surface area contributed by atoms with E-state index < -0.39 is 11.4 Å². The van der Waals surface area contributed by atoms with Crippen LogP contribution in [0.25, 0.3) is 0 Å². The number of rotatable bonds is 6. The average Bonchev–Trinajstić information content (AvgIpc) is 3.03. The number of likely N-dealkylation sites (N-methyl/N-ethyl adjacent to an activating group) is 1. The molecule has 1 aromatic carbocycles. The van der Waals surface area contributed by atoms with Crippen LogP contribution in [0, 0.1) is 0 Å². The maximum absolute atomic E-state index is 12.8. The molecule has 122 valence electrons. The van der Waals surface area contributed by atoms with Crippen molar-refractivity contribution in [3.63, 3.8) is 0 Å². The lowest BCUT2D eigenvalue weighted by atomic mass is 10.0. The summed E-state index contributed by atoms with van der Waals surface area (Å²) in [7, 11) is 1.76. The molecule has 2 aromatic rings. The number of primary amides is 1. The second kappa shape index (κ2) is 6.64. The minimum Gasteiger partial charge on any atom is -0.363 e. The van der Waals surface area contributed by atoms with Gasteiger partial charge in [0.1, 0.15) is 5.54 Å². The largest absolute Gasteiger partial charge is 0.363 e. The molecule has 6 heteroatoms. The number of aromatic nitrogens is 2. The van der Waals surface area contributed by atoms with E-state index in [2.05, 4.69) is 4.98 Å². The van der Waals surface area contributed by atoms with Gasteiger partial charge in [-0.3, -0.25) is 9.59 Å². The number of carbonyl (C=O) groups excluding carboxylic acids is 2. The van der Waals surface area contributed by atoms with Crippen LogP contribution in [0.4, 0.5) is 0 Å². The summed E-state index contributed by atoms with van der Waals surface area (Å²) < 4.78 is 1.52. The molecular weight excluding hydrogens is 292 g/mol. The topological polar surface area (TPSA) is 81.2 Å². The monoisotopic (exact) mass is 314 g/mol. The SMILES string of the molecule is CN(CCc1ccccc1)C(=O)C(C)(C)n1ccnc1C(N)=O. The van der Waals surface area contributed by atoms with Gasteiger partial charge in [-0.05, 0) is 25.8 Å². The fourth-order valence-electron chi connectivity index (χ4n) is 2.55. The van der Waals surface area contributed by atoms with E-state index in [1.54, 1.807) is 32.0 Å². The number of hydrogen-bond donors (Lipinski definition) is 1. The van der Waals surface area contributed by atoms with E-state index in [4.69, 9.17) is 5.73 Å². The van der Waals surface area contributed by atoms with Gasteiger partial charge in [0.25, 0.3) is 5.91 Å². The van der Waals surface area contributed by atoms with Crippen molar-refractivity contribution in [1.29, 1.82) is 0 Å². The molecule has 0 aliphatic rings. The summed E-state index contributed by atoms with van der Waals surface area (Å²) in [6, 6.07) is 9.98. The van der Waals surface area contributed by atoms with E-state index in [0.29, 0.717) is 6.54 Å². The van der Waals surface area contributed by atoms with Crippen molar-refractivity contribution in [3.05, 3.63) is 54.1 Å². The Balaban J connectivity index is 2.11. The van der Waals surface area contributed by atoms with Crippen LogP contribution in [-0.4, -0.2) is 39.9 Å². The average molecular weight is 314 g/mol. The number of hydrogen-bond acceptors (Lipinski definition) is 3. The van der Waals surface area contributed by atoms with E-state index in [1.807, 2.05) is 30.3 Å². The lowest BCUT2D eigenvalue weighted by Crippen LogP contribution is -2.47. The molecular formula is C17H22N4O2. The third-order valence-electron chi connectivity index (χ3n) is 3.91. The van der Waals surface area contributed by atoms with Gasteiger partial charge in [0.05, 0.1) is 0 Å². The zero-order chi connectivity index (χ0) is 17.0. The third kappa shape index (κ3) is 3.59. The Bertz CT molecular complexity index is 692. The van der Waals surface area contributed by atoms with Gasteiger partial charge >= 0.3 is 0 Å². The number of amides is 2. The van der Waals surface area contributed by atoms with Gasteiger partial charge in [0, 0.05) is 26.0 Å².